The standard InChI is InChI=1S/C14H18BrClO/c1-8-4-5-17-14(8)13(15)11-6-9(2)10(3)7-12(11)16/h6-8,13-14H,4-5H2,1-3H3. The van der Waals surface area contributed by atoms with Gasteiger partial charge >= 0.3 is 0 Å². The summed E-state index contributed by atoms with van der Waals surface area (Å²) in [5.41, 5.74) is 3.66. The first-order valence-electron chi connectivity index (χ1n) is 6.03. The van der Waals surface area contributed by atoms with Gasteiger partial charge < -0.3 is 4.74 Å². The number of rotatable bonds is 2. The highest BCUT2D eigenvalue weighted by molar-refractivity contribution is 9.09. The molecule has 1 aromatic carbocycles. The largest absolute Gasteiger partial charge is 0.376 e. The van der Waals surface area contributed by atoms with Gasteiger partial charge in [-0.1, -0.05) is 40.5 Å². The van der Waals surface area contributed by atoms with Gasteiger partial charge in [-0.3, -0.25) is 0 Å². The van der Waals surface area contributed by atoms with Crippen LogP contribution >= 0.6 is 27.5 Å². The van der Waals surface area contributed by atoms with Crippen molar-refractivity contribution < 1.29 is 4.74 Å². The fourth-order valence-corrected chi connectivity index (χ4v) is 3.80. The van der Waals surface area contributed by atoms with Crippen LogP contribution < -0.4 is 0 Å². The third kappa shape index (κ3) is 2.69. The van der Waals surface area contributed by atoms with Gasteiger partial charge in [0.15, 0.2) is 0 Å². The molecule has 3 heteroatoms. The van der Waals surface area contributed by atoms with Gasteiger partial charge in [0, 0.05) is 11.6 Å². The van der Waals surface area contributed by atoms with Crippen LogP contribution in [0.15, 0.2) is 12.1 Å². The number of ether oxygens (including phenoxy) is 1. The van der Waals surface area contributed by atoms with Crippen molar-refractivity contribution in [3.05, 3.63) is 33.8 Å². The van der Waals surface area contributed by atoms with Crippen molar-refractivity contribution in [3.8, 4) is 0 Å². The highest BCUT2D eigenvalue weighted by Crippen LogP contribution is 2.40. The second-order valence-corrected chi connectivity index (χ2v) is 6.35. The zero-order valence-corrected chi connectivity index (χ0v) is 12.8. The van der Waals surface area contributed by atoms with Crippen LogP contribution in [-0.2, 0) is 4.74 Å². The van der Waals surface area contributed by atoms with Gasteiger partial charge in [-0.25, -0.2) is 0 Å². The molecule has 0 bridgehead atoms. The number of alkyl halides is 1. The summed E-state index contributed by atoms with van der Waals surface area (Å²) in [6.07, 6.45) is 1.37. The van der Waals surface area contributed by atoms with Crippen LogP contribution in [0.3, 0.4) is 0 Å². The Morgan fingerprint density at radius 2 is 2.00 bits per heavy atom. The molecule has 1 aliphatic heterocycles. The number of hydrogen-bond donors (Lipinski definition) is 0. The fraction of sp³-hybridized carbons (Fsp3) is 0.571. The van der Waals surface area contributed by atoms with Gasteiger partial charge in [0.1, 0.15) is 0 Å². The first kappa shape index (κ1) is 13.4. The highest BCUT2D eigenvalue weighted by atomic mass is 79.9. The molecule has 94 valence electrons. The predicted molar refractivity (Wildman–Crippen MR) is 76.1 cm³/mol. The second-order valence-electron chi connectivity index (χ2n) is 4.96. The molecule has 0 aromatic heterocycles. The van der Waals surface area contributed by atoms with Crippen LogP contribution in [0.1, 0.15) is 34.9 Å². The van der Waals surface area contributed by atoms with Crippen molar-refractivity contribution in [1.82, 2.24) is 0 Å². The molecule has 1 fully saturated rings. The van der Waals surface area contributed by atoms with E-state index in [-0.39, 0.29) is 10.9 Å². The molecule has 17 heavy (non-hydrogen) atoms. The lowest BCUT2D eigenvalue weighted by Crippen LogP contribution is -2.19. The quantitative estimate of drug-likeness (QED) is 0.711. The molecule has 3 atom stereocenters. The Morgan fingerprint density at radius 3 is 2.59 bits per heavy atom. The topological polar surface area (TPSA) is 9.23 Å². The Kier molecular flexibility index (Phi) is 4.17. The van der Waals surface area contributed by atoms with Crippen LogP contribution in [0.2, 0.25) is 5.02 Å². The van der Waals surface area contributed by atoms with Crippen LogP contribution in [0.5, 0.6) is 0 Å². The number of benzene rings is 1. The van der Waals surface area contributed by atoms with E-state index in [4.69, 9.17) is 16.3 Å². The molecule has 1 nitrogen and oxygen atoms in total. The van der Waals surface area contributed by atoms with Crippen LogP contribution in [0, 0.1) is 19.8 Å². The predicted octanol–water partition coefficient (Wildman–Crippen LogP) is 4.82. The summed E-state index contributed by atoms with van der Waals surface area (Å²) in [6, 6.07) is 4.21. The first-order valence-corrected chi connectivity index (χ1v) is 7.32. The zero-order valence-electron chi connectivity index (χ0n) is 10.5. The third-order valence-corrected chi connectivity index (χ3v) is 4.98. The maximum absolute atomic E-state index is 6.34. The van der Waals surface area contributed by atoms with Crippen LogP contribution in [0.4, 0.5) is 0 Å². The maximum Gasteiger partial charge on any atom is 0.0767 e. The summed E-state index contributed by atoms with van der Waals surface area (Å²) in [6.45, 7) is 7.30. The summed E-state index contributed by atoms with van der Waals surface area (Å²) in [4.78, 5) is 0.187. The van der Waals surface area contributed by atoms with Gasteiger partial charge in [0.2, 0.25) is 0 Å². The van der Waals surface area contributed by atoms with Gasteiger partial charge in [-0.05, 0) is 48.9 Å². The zero-order chi connectivity index (χ0) is 12.6. The molecule has 1 aromatic rings. The molecule has 1 saturated heterocycles. The molecule has 3 unspecified atom stereocenters. The molecule has 0 spiro atoms. The van der Waals surface area contributed by atoms with E-state index in [0.29, 0.717) is 5.92 Å². The minimum absolute atomic E-state index is 0.187. The second kappa shape index (κ2) is 5.29. The van der Waals surface area contributed by atoms with E-state index in [9.17, 15) is 0 Å². The monoisotopic (exact) mass is 316 g/mol. The van der Waals surface area contributed by atoms with E-state index < -0.39 is 0 Å². The van der Waals surface area contributed by atoms with Gasteiger partial charge in [0.25, 0.3) is 0 Å². The lowest BCUT2D eigenvalue weighted by molar-refractivity contribution is 0.0935. The van der Waals surface area contributed by atoms with E-state index in [1.165, 1.54) is 11.1 Å². The maximum atomic E-state index is 6.34. The van der Waals surface area contributed by atoms with Crippen LogP contribution in [-0.4, -0.2) is 12.7 Å². The fourth-order valence-electron chi connectivity index (χ4n) is 2.28. The van der Waals surface area contributed by atoms with E-state index in [2.05, 4.69) is 42.8 Å². The van der Waals surface area contributed by atoms with E-state index in [0.717, 1.165) is 23.6 Å². The van der Waals surface area contributed by atoms with E-state index in [1.807, 2.05) is 6.07 Å². The lowest BCUT2D eigenvalue weighted by Gasteiger charge is -2.23. The lowest BCUT2D eigenvalue weighted by atomic mass is 9.95. The average Bonchev–Trinajstić information content (AvgIpc) is 2.69. The number of hydrogen-bond acceptors (Lipinski definition) is 1. The molecule has 0 aliphatic carbocycles. The van der Waals surface area contributed by atoms with E-state index >= 15 is 0 Å². The van der Waals surface area contributed by atoms with Crippen molar-refractivity contribution >= 4 is 27.5 Å². The highest BCUT2D eigenvalue weighted by Gasteiger charge is 2.32. The van der Waals surface area contributed by atoms with Gasteiger partial charge in [-0.2, -0.15) is 0 Å². The molecular weight excluding hydrogens is 300 g/mol. The summed E-state index contributed by atoms with van der Waals surface area (Å²) in [5.74, 6) is 0.581. The number of aryl methyl sites for hydroxylation is 2. The summed E-state index contributed by atoms with van der Waals surface area (Å²) in [7, 11) is 0. The van der Waals surface area contributed by atoms with Crippen molar-refractivity contribution in [1.29, 1.82) is 0 Å². The smallest absolute Gasteiger partial charge is 0.0767 e. The third-order valence-electron chi connectivity index (χ3n) is 3.64. The number of halogens is 2. The van der Waals surface area contributed by atoms with Crippen molar-refractivity contribution in [2.45, 2.75) is 38.1 Å². The summed E-state index contributed by atoms with van der Waals surface area (Å²) < 4.78 is 5.80. The molecule has 0 N–H and O–H groups in total. The Hall–Kier alpha value is -0.0500. The van der Waals surface area contributed by atoms with Crippen molar-refractivity contribution in [3.63, 3.8) is 0 Å². The normalized spacial score (nSPS) is 26.2. The molecule has 1 heterocycles. The van der Waals surface area contributed by atoms with Crippen molar-refractivity contribution in [2.75, 3.05) is 6.61 Å². The molecule has 0 saturated carbocycles. The first-order chi connectivity index (χ1) is 8.00. The van der Waals surface area contributed by atoms with E-state index in [1.54, 1.807) is 0 Å². The molecule has 2 rings (SSSR count). The van der Waals surface area contributed by atoms with Gasteiger partial charge in [-0.15, -0.1) is 0 Å². The minimum atomic E-state index is 0.187. The molecule has 0 radical (unpaired) electrons. The SMILES string of the molecule is Cc1cc(Cl)c(C(Br)C2OCCC2C)cc1C. The minimum Gasteiger partial charge on any atom is -0.376 e. The average molecular weight is 318 g/mol. The Balaban J connectivity index is 2.30. The van der Waals surface area contributed by atoms with Crippen molar-refractivity contribution in [2.24, 2.45) is 5.92 Å². The Bertz CT molecular complexity index is 419. The Labute approximate surface area is 117 Å². The molecule has 0 amide bonds. The summed E-state index contributed by atoms with van der Waals surface area (Å²) in [5, 5.41) is 0.831. The van der Waals surface area contributed by atoms with Crippen LogP contribution in [0.25, 0.3) is 0 Å². The molecule has 1 aliphatic rings. The van der Waals surface area contributed by atoms with Gasteiger partial charge in [0.05, 0.1) is 10.9 Å². The Morgan fingerprint density at radius 1 is 1.35 bits per heavy atom. The molecular formula is C14H18BrClO. The summed E-state index contributed by atoms with van der Waals surface area (Å²) >= 11 is 10.1.